The number of nitriles is 1. The fraction of sp³-hybridized carbons (Fsp3) is 0.619. The van der Waals surface area contributed by atoms with Gasteiger partial charge >= 0.3 is 14.1 Å². The van der Waals surface area contributed by atoms with Gasteiger partial charge in [-0.1, -0.05) is 31.8 Å². The minimum atomic E-state index is -2.42. The molecule has 34 heavy (non-hydrogen) atoms. The fourth-order valence-corrected chi connectivity index (χ4v) is 4.58. The second kappa shape index (κ2) is 11.2. The van der Waals surface area contributed by atoms with Crippen LogP contribution in [0.25, 0.3) is 5.52 Å². The third kappa shape index (κ3) is 5.35. The maximum atomic E-state index is 12.3. The Morgan fingerprint density at radius 1 is 1.50 bits per heavy atom. The van der Waals surface area contributed by atoms with E-state index in [0.29, 0.717) is 17.8 Å². The van der Waals surface area contributed by atoms with Gasteiger partial charge in [-0.05, 0) is 29.5 Å². The number of hydrogen-bond donors (Lipinski definition) is 3. The zero-order valence-corrected chi connectivity index (χ0v) is 20.3. The van der Waals surface area contributed by atoms with Gasteiger partial charge < -0.3 is 20.3 Å². The minimum absolute atomic E-state index is 0.0670. The van der Waals surface area contributed by atoms with Crippen LogP contribution in [-0.2, 0) is 29.0 Å². The number of aromatic nitrogens is 3. The highest BCUT2D eigenvalue weighted by Gasteiger charge is 2.52. The zero-order valence-electron chi connectivity index (χ0n) is 19.4. The summed E-state index contributed by atoms with van der Waals surface area (Å²) in [6.45, 7) is 5.73. The highest BCUT2D eigenvalue weighted by Crippen LogP contribution is 2.40. The van der Waals surface area contributed by atoms with Crippen molar-refractivity contribution in [3.8, 4) is 6.07 Å². The summed E-state index contributed by atoms with van der Waals surface area (Å²) in [4.78, 5) is 16.0. The lowest BCUT2D eigenvalue weighted by molar-refractivity contribution is -0.146. The van der Waals surface area contributed by atoms with E-state index in [1.165, 1.54) is 17.8 Å². The van der Waals surface area contributed by atoms with E-state index in [4.69, 9.17) is 19.7 Å². The molecule has 5 atom stereocenters. The molecule has 1 unspecified atom stereocenters. The number of fused-ring (bicyclic) bond motifs is 1. The Hall–Kier alpha value is -2.68. The molecule has 4 N–H and O–H groups in total. The molecule has 0 saturated carbocycles. The summed E-state index contributed by atoms with van der Waals surface area (Å²) in [5.41, 5.74) is 4.91. The Bertz CT molecular complexity index is 1070. The van der Waals surface area contributed by atoms with Crippen molar-refractivity contribution in [2.24, 2.45) is 5.92 Å². The Morgan fingerprint density at radius 2 is 2.24 bits per heavy atom. The number of carbonyl (C=O) groups excluding carboxylic acids is 1. The molecule has 0 radical (unpaired) electrons. The van der Waals surface area contributed by atoms with Crippen molar-refractivity contribution in [2.45, 2.75) is 63.9 Å². The lowest BCUT2D eigenvalue weighted by Crippen LogP contribution is -2.36. The van der Waals surface area contributed by atoms with Gasteiger partial charge in [-0.15, -0.1) is 4.52 Å². The second-order valence-corrected chi connectivity index (χ2v) is 9.25. The fourth-order valence-electron chi connectivity index (χ4n) is 3.78. The van der Waals surface area contributed by atoms with Crippen molar-refractivity contribution in [1.82, 2.24) is 19.7 Å². The average molecular weight is 493 g/mol. The Balaban J connectivity index is 1.57. The summed E-state index contributed by atoms with van der Waals surface area (Å²) < 4.78 is 30.2. The first-order chi connectivity index (χ1) is 16.2. The van der Waals surface area contributed by atoms with E-state index in [-0.39, 0.29) is 24.8 Å². The standard InChI is InChI=1S/C21H30N6O6P/c1-4-14(5-2)9-31-20(29)13(3)26-34(30)32-10-15-8-18(28)21(11-22,33-15)17-7-6-16-19(23)24-12-25-27(16)17/h6-7,12-15,18,28H,4-5,8-10H2,1-3H3,(H,26,30)(H2,23,24,25)/q+1/t13-,15-,18+,21-/m0/s1. The van der Waals surface area contributed by atoms with Gasteiger partial charge in [0.15, 0.2) is 5.82 Å². The maximum Gasteiger partial charge on any atom is 0.613 e. The van der Waals surface area contributed by atoms with Gasteiger partial charge in [0.2, 0.25) is 5.60 Å². The highest BCUT2D eigenvalue weighted by molar-refractivity contribution is 7.36. The molecule has 2 aromatic rings. The molecule has 0 aliphatic carbocycles. The largest absolute Gasteiger partial charge is 0.613 e. The van der Waals surface area contributed by atoms with Crippen LogP contribution in [-0.4, -0.2) is 57.1 Å². The van der Waals surface area contributed by atoms with Gasteiger partial charge in [0.1, 0.15) is 36.7 Å². The molecular weight excluding hydrogens is 463 g/mol. The quantitative estimate of drug-likeness (QED) is 0.307. The molecule has 2 aromatic heterocycles. The Kier molecular flexibility index (Phi) is 8.52. The van der Waals surface area contributed by atoms with Crippen LogP contribution in [0.4, 0.5) is 5.82 Å². The van der Waals surface area contributed by atoms with Crippen molar-refractivity contribution in [3.63, 3.8) is 0 Å². The van der Waals surface area contributed by atoms with Gasteiger partial charge in [-0.2, -0.15) is 10.4 Å². The van der Waals surface area contributed by atoms with Crippen molar-refractivity contribution in [2.75, 3.05) is 18.9 Å². The van der Waals surface area contributed by atoms with Crippen molar-refractivity contribution in [1.29, 1.82) is 5.26 Å². The first-order valence-corrected chi connectivity index (χ1v) is 12.3. The highest BCUT2D eigenvalue weighted by atomic mass is 31.1. The molecule has 1 aliphatic heterocycles. The van der Waals surface area contributed by atoms with Gasteiger partial charge in [0.05, 0.1) is 18.4 Å². The van der Waals surface area contributed by atoms with E-state index in [1.54, 1.807) is 12.1 Å². The van der Waals surface area contributed by atoms with Crippen LogP contribution in [0.15, 0.2) is 18.5 Å². The zero-order chi connectivity index (χ0) is 24.9. The predicted molar refractivity (Wildman–Crippen MR) is 121 cm³/mol. The Labute approximate surface area is 198 Å². The normalized spacial score (nSPS) is 23.7. The van der Waals surface area contributed by atoms with Gasteiger partial charge in [-0.3, -0.25) is 4.79 Å². The molecule has 0 aromatic carbocycles. The smallest absolute Gasteiger partial charge is 0.464 e. The minimum Gasteiger partial charge on any atom is -0.464 e. The number of nitrogens with one attached hydrogen (secondary N) is 1. The average Bonchev–Trinajstić information content (AvgIpc) is 3.40. The summed E-state index contributed by atoms with van der Waals surface area (Å²) in [5.74, 6) is -0.0123. The van der Waals surface area contributed by atoms with E-state index in [2.05, 4.69) is 15.2 Å². The van der Waals surface area contributed by atoms with Crippen LogP contribution in [0.2, 0.25) is 0 Å². The molecular formula is C21H30N6O6P+. The summed E-state index contributed by atoms with van der Waals surface area (Å²) in [6.07, 6.45) is 1.20. The second-order valence-electron chi connectivity index (χ2n) is 8.22. The number of aliphatic hydroxyl groups is 1. The summed E-state index contributed by atoms with van der Waals surface area (Å²) >= 11 is 0. The molecule has 13 heteroatoms. The monoisotopic (exact) mass is 493 g/mol. The van der Waals surface area contributed by atoms with Crippen LogP contribution < -0.4 is 10.8 Å². The predicted octanol–water partition coefficient (Wildman–Crippen LogP) is 1.81. The van der Waals surface area contributed by atoms with Crippen LogP contribution in [0.3, 0.4) is 0 Å². The number of hydrogen-bond acceptors (Lipinski definition) is 10. The Morgan fingerprint density at radius 3 is 2.91 bits per heavy atom. The van der Waals surface area contributed by atoms with Crippen molar-refractivity contribution < 1.29 is 28.5 Å². The van der Waals surface area contributed by atoms with Crippen molar-refractivity contribution in [3.05, 3.63) is 24.2 Å². The van der Waals surface area contributed by atoms with Gasteiger partial charge in [-0.25, -0.2) is 9.50 Å². The number of carbonyl (C=O) groups is 1. The summed E-state index contributed by atoms with van der Waals surface area (Å²) in [6, 6.07) is 4.43. The van der Waals surface area contributed by atoms with Crippen LogP contribution in [0.5, 0.6) is 0 Å². The van der Waals surface area contributed by atoms with Gasteiger partial charge in [0, 0.05) is 6.42 Å². The third-order valence-corrected chi connectivity index (χ3v) is 6.96. The van der Waals surface area contributed by atoms with Crippen molar-refractivity contribution >= 4 is 25.5 Å². The lowest BCUT2D eigenvalue weighted by atomic mass is 9.94. The lowest BCUT2D eigenvalue weighted by Gasteiger charge is -2.24. The number of nitrogen functional groups attached to an aromatic ring is 1. The van der Waals surface area contributed by atoms with Crippen LogP contribution in [0.1, 0.15) is 45.7 Å². The van der Waals surface area contributed by atoms with Gasteiger partial charge in [0.25, 0.3) is 0 Å². The van der Waals surface area contributed by atoms with E-state index < -0.39 is 38.0 Å². The number of esters is 1. The molecule has 12 nitrogen and oxygen atoms in total. The van der Waals surface area contributed by atoms with E-state index in [9.17, 15) is 19.7 Å². The first-order valence-electron chi connectivity index (χ1n) is 11.1. The number of rotatable bonds is 11. The summed E-state index contributed by atoms with van der Waals surface area (Å²) in [5, 5.41) is 27.3. The molecule has 0 bridgehead atoms. The molecule has 1 saturated heterocycles. The van der Waals surface area contributed by atoms with Crippen LogP contribution >= 0.6 is 8.18 Å². The number of ether oxygens (including phenoxy) is 2. The molecule has 3 heterocycles. The maximum absolute atomic E-state index is 12.3. The number of anilines is 1. The molecule has 1 aliphatic rings. The van der Waals surface area contributed by atoms with E-state index in [0.717, 1.165) is 12.8 Å². The number of nitrogens with zero attached hydrogens (tertiary/aromatic N) is 4. The van der Waals surface area contributed by atoms with Crippen LogP contribution in [0, 0.1) is 17.2 Å². The number of nitrogens with two attached hydrogens (primary N) is 1. The molecule has 184 valence electrons. The molecule has 0 spiro atoms. The number of aliphatic hydroxyl groups excluding tert-OH is 1. The van der Waals surface area contributed by atoms with E-state index in [1.807, 2.05) is 19.9 Å². The molecule has 1 fully saturated rings. The summed E-state index contributed by atoms with van der Waals surface area (Å²) in [7, 11) is -2.42. The molecule has 3 rings (SSSR count). The van der Waals surface area contributed by atoms with E-state index >= 15 is 0 Å². The SMILES string of the molecule is CCC(CC)COC(=O)[C@H](C)N[P+](=O)OC[C@@H]1C[C@@H](O)[C@](C#N)(c2ccc3c(N)ncnn23)O1. The first kappa shape index (κ1) is 25.9. The topological polar surface area (TPSA) is 174 Å². The third-order valence-electron chi connectivity index (χ3n) is 5.98. The molecule has 0 amide bonds.